The van der Waals surface area contributed by atoms with E-state index >= 15 is 0 Å². The molecule has 0 aromatic heterocycles. The zero-order valence-electron chi connectivity index (χ0n) is 8.04. The number of anilines is 1. The molecule has 1 fully saturated rings. The molecular formula is C10H7Cl2NO3. The van der Waals surface area contributed by atoms with Gasteiger partial charge in [0.05, 0.1) is 15.7 Å². The average Bonchev–Trinajstić information content (AvgIpc) is 2.54. The summed E-state index contributed by atoms with van der Waals surface area (Å²) in [5.74, 6) is -0.836. The topological polar surface area (TPSA) is 57.6 Å². The number of carbonyl (C=O) groups is 2. The second-order valence-corrected chi connectivity index (χ2v) is 4.20. The molecule has 6 heteroatoms. The highest BCUT2D eigenvalue weighted by atomic mass is 35.5. The summed E-state index contributed by atoms with van der Waals surface area (Å²) in [6.45, 7) is 0. The fraction of sp³-hybridized carbons (Fsp3) is 0.200. The van der Waals surface area contributed by atoms with Crippen molar-refractivity contribution in [2.24, 2.45) is 0 Å². The van der Waals surface area contributed by atoms with E-state index < -0.39 is 0 Å². The van der Waals surface area contributed by atoms with Crippen molar-refractivity contribution in [3.8, 4) is 5.75 Å². The van der Waals surface area contributed by atoms with Crippen LogP contribution in [0.1, 0.15) is 12.8 Å². The van der Waals surface area contributed by atoms with E-state index in [1.165, 1.54) is 12.1 Å². The van der Waals surface area contributed by atoms with Gasteiger partial charge in [-0.1, -0.05) is 23.2 Å². The van der Waals surface area contributed by atoms with Crippen molar-refractivity contribution >= 4 is 40.7 Å². The molecule has 0 saturated carbocycles. The van der Waals surface area contributed by atoms with Gasteiger partial charge in [-0.15, -0.1) is 0 Å². The number of aromatic hydroxyl groups is 1. The number of nitrogens with zero attached hydrogens (tertiary/aromatic N) is 1. The highest BCUT2D eigenvalue weighted by molar-refractivity contribution is 6.38. The Hall–Kier alpha value is -1.26. The number of hydrogen-bond donors (Lipinski definition) is 1. The van der Waals surface area contributed by atoms with Gasteiger partial charge in [-0.3, -0.25) is 14.5 Å². The van der Waals surface area contributed by atoms with Crippen LogP contribution in [-0.4, -0.2) is 16.9 Å². The number of carbonyl (C=O) groups excluding carboxylic acids is 2. The normalized spacial score (nSPS) is 16.0. The van der Waals surface area contributed by atoms with Crippen LogP contribution in [0.5, 0.6) is 5.75 Å². The zero-order valence-corrected chi connectivity index (χ0v) is 9.55. The Bertz CT molecular complexity index is 448. The third kappa shape index (κ3) is 1.74. The Labute approximate surface area is 101 Å². The van der Waals surface area contributed by atoms with E-state index in [9.17, 15) is 14.7 Å². The minimum absolute atomic E-state index is 0.00926. The van der Waals surface area contributed by atoms with Crippen molar-refractivity contribution in [2.45, 2.75) is 12.8 Å². The molecule has 84 valence electrons. The molecule has 1 aliphatic rings. The van der Waals surface area contributed by atoms with Crippen molar-refractivity contribution in [2.75, 3.05) is 4.90 Å². The van der Waals surface area contributed by atoms with Crippen LogP contribution < -0.4 is 4.90 Å². The summed E-state index contributed by atoms with van der Waals surface area (Å²) in [6.07, 6.45) is 0.379. The van der Waals surface area contributed by atoms with Gasteiger partial charge in [-0.25, -0.2) is 0 Å². The van der Waals surface area contributed by atoms with Gasteiger partial charge in [0.1, 0.15) is 0 Å². The number of phenols is 1. The minimum Gasteiger partial charge on any atom is -0.505 e. The molecule has 1 saturated heterocycles. The van der Waals surface area contributed by atoms with Gasteiger partial charge in [-0.05, 0) is 12.1 Å². The lowest BCUT2D eigenvalue weighted by molar-refractivity contribution is -0.121. The summed E-state index contributed by atoms with van der Waals surface area (Å²) in [5.41, 5.74) is 0.292. The standard InChI is InChI=1S/C10H7Cl2NO3/c11-6-3-5(4-7(12)10(6)16)13-8(14)1-2-9(13)15/h3-4,16H,1-2H2. The predicted molar refractivity (Wildman–Crippen MR) is 59.9 cm³/mol. The van der Waals surface area contributed by atoms with Gasteiger partial charge in [0.15, 0.2) is 5.75 Å². The Morgan fingerprint density at radius 1 is 1.06 bits per heavy atom. The maximum absolute atomic E-state index is 11.4. The number of phenolic OH excluding ortho intramolecular Hbond substituents is 1. The SMILES string of the molecule is O=C1CCC(=O)N1c1cc(Cl)c(O)c(Cl)c1. The van der Waals surface area contributed by atoms with Gasteiger partial charge < -0.3 is 5.11 Å². The quantitative estimate of drug-likeness (QED) is 0.788. The molecule has 4 nitrogen and oxygen atoms in total. The van der Waals surface area contributed by atoms with Crippen LogP contribution in [0.15, 0.2) is 12.1 Å². The van der Waals surface area contributed by atoms with E-state index in [-0.39, 0.29) is 40.5 Å². The minimum atomic E-state index is -0.289. The maximum Gasteiger partial charge on any atom is 0.234 e. The average molecular weight is 260 g/mol. The van der Waals surface area contributed by atoms with Gasteiger partial charge in [0, 0.05) is 12.8 Å². The van der Waals surface area contributed by atoms with Crippen LogP contribution in [0.3, 0.4) is 0 Å². The fourth-order valence-electron chi connectivity index (χ4n) is 1.55. The van der Waals surface area contributed by atoms with Gasteiger partial charge in [0.2, 0.25) is 11.8 Å². The smallest absolute Gasteiger partial charge is 0.234 e. The van der Waals surface area contributed by atoms with Crippen molar-refractivity contribution in [3.63, 3.8) is 0 Å². The number of hydrogen-bond acceptors (Lipinski definition) is 3. The van der Waals surface area contributed by atoms with Crippen LogP contribution >= 0.6 is 23.2 Å². The summed E-state index contributed by atoms with van der Waals surface area (Å²) in [6, 6.07) is 2.67. The zero-order chi connectivity index (χ0) is 11.9. The molecule has 1 N–H and O–H groups in total. The number of halogens is 2. The molecule has 0 aliphatic carbocycles. The van der Waals surface area contributed by atoms with Crippen LogP contribution in [0.4, 0.5) is 5.69 Å². The third-order valence-corrected chi connectivity index (χ3v) is 2.89. The van der Waals surface area contributed by atoms with Crippen LogP contribution in [0, 0.1) is 0 Å². The summed E-state index contributed by atoms with van der Waals surface area (Å²) >= 11 is 11.4. The van der Waals surface area contributed by atoms with Crippen molar-refractivity contribution in [1.29, 1.82) is 0 Å². The molecule has 0 bridgehead atoms. The molecule has 2 amide bonds. The first-order valence-corrected chi connectivity index (χ1v) is 5.30. The summed E-state index contributed by atoms with van der Waals surface area (Å²) in [5, 5.41) is 9.37. The Balaban J connectivity index is 2.48. The Morgan fingerprint density at radius 3 is 1.94 bits per heavy atom. The molecular weight excluding hydrogens is 253 g/mol. The lowest BCUT2D eigenvalue weighted by Gasteiger charge is -2.15. The van der Waals surface area contributed by atoms with Crippen LogP contribution in [-0.2, 0) is 9.59 Å². The number of amides is 2. The molecule has 0 radical (unpaired) electrons. The van der Waals surface area contributed by atoms with E-state index in [1.54, 1.807) is 0 Å². The van der Waals surface area contributed by atoms with Crippen molar-refractivity contribution < 1.29 is 14.7 Å². The first-order chi connectivity index (χ1) is 7.50. The van der Waals surface area contributed by atoms with Crippen molar-refractivity contribution in [3.05, 3.63) is 22.2 Å². The summed E-state index contributed by atoms with van der Waals surface area (Å²) in [4.78, 5) is 23.9. The predicted octanol–water partition coefficient (Wildman–Crippen LogP) is 2.35. The highest BCUT2D eigenvalue weighted by Crippen LogP contribution is 2.37. The van der Waals surface area contributed by atoms with Gasteiger partial charge in [0.25, 0.3) is 0 Å². The molecule has 0 unspecified atom stereocenters. The molecule has 0 spiro atoms. The summed E-state index contributed by atoms with van der Waals surface area (Å²) < 4.78 is 0. The number of benzene rings is 1. The Morgan fingerprint density at radius 2 is 1.50 bits per heavy atom. The molecule has 1 aromatic rings. The van der Waals surface area contributed by atoms with Crippen LogP contribution in [0.2, 0.25) is 10.0 Å². The first kappa shape index (κ1) is 11.2. The molecule has 1 aromatic carbocycles. The summed E-state index contributed by atoms with van der Waals surface area (Å²) in [7, 11) is 0. The van der Waals surface area contributed by atoms with E-state index in [0.29, 0.717) is 5.69 Å². The molecule has 1 heterocycles. The molecule has 1 aliphatic heterocycles. The van der Waals surface area contributed by atoms with E-state index in [2.05, 4.69) is 0 Å². The fourth-order valence-corrected chi connectivity index (χ4v) is 2.02. The molecule has 2 rings (SSSR count). The van der Waals surface area contributed by atoms with E-state index in [4.69, 9.17) is 23.2 Å². The van der Waals surface area contributed by atoms with Gasteiger partial charge >= 0.3 is 0 Å². The van der Waals surface area contributed by atoms with E-state index in [1.807, 2.05) is 0 Å². The Kier molecular flexibility index (Phi) is 2.78. The lowest BCUT2D eigenvalue weighted by atomic mass is 10.2. The van der Waals surface area contributed by atoms with Gasteiger partial charge in [-0.2, -0.15) is 0 Å². The second kappa shape index (κ2) is 3.96. The molecule has 0 atom stereocenters. The highest BCUT2D eigenvalue weighted by Gasteiger charge is 2.31. The second-order valence-electron chi connectivity index (χ2n) is 3.38. The maximum atomic E-state index is 11.4. The van der Waals surface area contributed by atoms with E-state index in [0.717, 1.165) is 4.90 Å². The number of imide groups is 1. The third-order valence-electron chi connectivity index (χ3n) is 2.31. The van der Waals surface area contributed by atoms with Crippen LogP contribution in [0.25, 0.3) is 0 Å². The first-order valence-electron chi connectivity index (χ1n) is 4.54. The van der Waals surface area contributed by atoms with Crippen molar-refractivity contribution in [1.82, 2.24) is 0 Å². The largest absolute Gasteiger partial charge is 0.505 e. The monoisotopic (exact) mass is 259 g/mol. The molecule has 16 heavy (non-hydrogen) atoms. The lowest BCUT2D eigenvalue weighted by Crippen LogP contribution is -2.28. The number of rotatable bonds is 1.